The van der Waals surface area contributed by atoms with Crippen molar-refractivity contribution in [1.29, 1.82) is 0 Å². The predicted octanol–water partition coefficient (Wildman–Crippen LogP) is 4.67. The first-order chi connectivity index (χ1) is 21.9. The highest BCUT2D eigenvalue weighted by Gasteiger charge is 2.43. The molecule has 1 saturated heterocycles. The normalized spacial score (nSPS) is 15.7. The van der Waals surface area contributed by atoms with E-state index in [1.54, 1.807) is 47.6 Å². The van der Waals surface area contributed by atoms with Gasteiger partial charge in [-0.15, -0.1) is 6.58 Å². The van der Waals surface area contributed by atoms with E-state index in [0.717, 1.165) is 5.56 Å². The van der Waals surface area contributed by atoms with Crippen molar-refractivity contribution in [1.82, 2.24) is 20.9 Å². The molecule has 0 aromatic heterocycles. The average Bonchev–Trinajstić information content (AvgIpc) is 3.49. The van der Waals surface area contributed by atoms with Gasteiger partial charge in [-0.1, -0.05) is 77.4 Å². The van der Waals surface area contributed by atoms with E-state index in [4.69, 9.17) is 4.74 Å². The molecule has 1 aliphatic rings. The number of alkyl carbamates (subject to hydrolysis) is 1. The molecule has 4 amide bonds. The van der Waals surface area contributed by atoms with E-state index in [2.05, 4.69) is 36.4 Å². The highest BCUT2D eigenvalue weighted by atomic mass is 16.6. The number of hydrogen-bond donors (Lipinski definition) is 3. The molecular formula is C36H56N4O7. The second-order valence-electron chi connectivity index (χ2n) is 13.8. The molecular weight excluding hydrogens is 600 g/mol. The van der Waals surface area contributed by atoms with Crippen LogP contribution in [-0.2, 0) is 35.1 Å². The summed E-state index contributed by atoms with van der Waals surface area (Å²) in [7, 11) is 0. The van der Waals surface area contributed by atoms with Gasteiger partial charge in [0.05, 0.1) is 12.6 Å². The average molecular weight is 657 g/mol. The number of nitrogens with one attached hydrogen (secondary N) is 3. The Kier molecular flexibility index (Phi) is 17.1. The second-order valence-corrected chi connectivity index (χ2v) is 13.8. The number of benzene rings is 1. The van der Waals surface area contributed by atoms with Crippen LogP contribution in [0.5, 0.6) is 0 Å². The molecule has 11 heteroatoms. The third-order valence-corrected chi connectivity index (χ3v) is 7.11. The lowest BCUT2D eigenvalue weighted by atomic mass is 9.85. The van der Waals surface area contributed by atoms with Crippen LogP contribution in [0.4, 0.5) is 4.79 Å². The molecule has 3 atom stereocenters. The Bertz CT molecular complexity index is 1220. The van der Waals surface area contributed by atoms with E-state index in [1.807, 2.05) is 30.3 Å². The Balaban J connectivity index is 0.00000354. The third-order valence-electron chi connectivity index (χ3n) is 7.11. The Morgan fingerprint density at radius 3 is 2.17 bits per heavy atom. The van der Waals surface area contributed by atoms with Crippen molar-refractivity contribution < 1.29 is 33.5 Å². The smallest absolute Gasteiger partial charge is 0.408 e. The minimum absolute atomic E-state index is 0.120. The quantitative estimate of drug-likeness (QED) is 0.195. The van der Waals surface area contributed by atoms with Crippen LogP contribution in [0.25, 0.3) is 0 Å². The molecule has 1 aromatic rings. The van der Waals surface area contributed by atoms with Crippen LogP contribution < -0.4 is 16.0 Å². The van der Waals surface area contributed by atoms with Crippen molar-refractivity contribution in [2.45, 2.75) is 124 Å². The van der Waals surface area contributed by atoms with Gasteiger partial charge >= 0.3 is 6.09 Å². The SMILES string of the molecule is C=CCCC(NC(=O)[C@@H]1CCCN1C(=O)[C@@H](NC(=O)OC(C)(C)C)C(C)(C)C)C(=O)C(=O)NCC(=O)CCc1ccccc1.CCC. The molecule has 1 aromatic carbocycles. The van der Waals surface area contributed by atoms with Gasteiger partial charge in [0.1, 0.15) is 17.7 Å². The number of nitrogens with zero attached hydrogens (tertiary/aromatic N) is 1. The predicted molar refractivity (Wildman–Crippen MR) is 182 cm³/mol. The lowest BCUT2D eigenvalue weighted by Crippen LogP contribution is -2.59. The first-order valence-corrected chi connectivity index (χ1v) is 16.5. The molecule has 3 N–H and O–H groups in total. The lowest BCUT2D eigenvalue weighted by Gasteiger charge is -2.36. The van der Waals surface area contributed by atoms with E-state index >= 15 is 0 Å². The molecule has 1 fully saturated rings. The molecule has 0 aliphatic carbocycles. The van der Waals surface area contributed by atoms with Crippen LogP contribution in [0, 0.1) is 5.41 Å². The molecule has 11 nitrogen and oxygen atoms in total. The summed E-state index contributed by atoms with van der Waals surface area (Å²) in [6.45, 7) is 18.4. The fraction of sp³-hybridized carbons (Fsp3) is 0.611. The number of allylic oxidation sites excluding steroid dienone is 1. The number of Topliss-reactive ketones (excluding diaryl/α,β-unsaturated/α-hetero) is 2. The first-order valence-electron chi connectivity index (χ1n) is 16.5. The zero-order chi connectivity index (χ0) is 35.8. The highest BCUT2D eigenvalue weighted by molar-refractivity contribution is 6.38. The van der Waals surface area contributed by atoms with Crippen LogP contribution in [0.1, 0.15) is 99.5 Å². The molecule has 0 radical (unpaired) electrons. The van der Waals surface area contributed by atoms with Gasteiger partial charge in [0.2, 0.25) is 17.6 Å². The largest absolute Gasteiger partial charge is 0.444 e. The van der Waals surface area contributed by atoms with Gasteiger partial charge < -0.3 is 25.6 Å². The maximum atomic E-state index is 13.7. The van der Waals surface area contributed by atoms with Crippen molar-refractivity contribution in [3.8, 4) is 0 Å². The van der Waals surface area contributed by atoms with Crippen molar-refractivity contribution in [3.05, 3.63) is 48.6 Å². The Morgan fingerprint density at radius 2 is 1.62 bits per heavy atom. The van der Waals surface area contributed by atoms with Gasteiger partial charge in [0.15, 0.2) is 5.78 Å². The zero-order valence-electron chi connectivity index (χ0n) is 29.6. The maximum Gasteiger partial charge on any atom is 0.408 e. The highest BCUT2D eigenvalue weighted by Crippen LogP contribution is 2.26. The maximum absolute atomic E-state index is 13.7. The molecule has 0 spiro atoms. The summed E-state index contributed by atoms with van der Waals surface area (Å²) in [5, 5.41) is 7.70. The molecule has 1 unspecified atom stereocenters. The number of rotatable bonds is 14. The molecule has 0 bridgehead atoms. The fourth-order valence-electron chi connectivity index (χ4n) is 4.81. The number of carbonyl (C=O) groups excluding carboxylic acids is 6. The Morgan fingerprint density at radius 1 is 1.00 bits per heavy atom. The molecule has 1 aliphatic heterocycles. The number of ketones is 2. The lowest BCUT2D eigenvalue weighted by molar-refractivity contribution is -0.144. The summed E-state index contributed by atoms with van der Waals surface area (Å²) in [5.41, 5.74) is -0.471. The van der Waals surface area contributed by atoms with Gasteiger partial charge in [-0.05, 0) is 63.9 Å². The first kappa shape index (κ1) is 41.0. The number of aryl methyl sites for hydroxylation is 1. The summed E-state index contributed by atoms with van der Waals surface area (Å²) in [5.74, 6) is -3.10. The number of hydrogen-bond acceptors (Lipinski definition) is 7. The van der Waals surface area contributed by atoms with Gasteiger partial charge in [-0.2, -0.15) is 0 Å². The second kappa shape index (κ2) is 19.6. The number of likely N-dealkylation sites (tertiary alicyclic amines) is 1. The molecule has 2 rings (SSSR count). The van der Waals surface area contributed by atoms with Crippen LogP contribution in [0.2, 0.25) is 0 Å². The monoisotopic (exact) mass is 656 g/mol. The minimum atomic E-state index is -1.17. The standard InChI is InChI=1S/C33H48N4O7.C3H8/c1-8-9-16-24(26(39)29(41)34-21-23(38)19-18-22-14-11-10-12-15-22)35-28(40)25-17-13-20-37(25)30(42)27(32(2,3)4)36-31(43)44-33(5,6)7;1-3-2/h8,10-12,14-15,24-25,27H,1,9,13,16-21H2,2-7H3,(H,34,41)(H,35,40)(H,36,43);3H2,1-2H3/t24?,25-,27+;/m0./s1. The number of carbonyl (C=O) groups is 6. The van der Waals surface area contributed by atoms with Crippen LogP contribution >= 0.6 is 0 Å². The van der Waals surface area contributed by atoms with Gasteiger partial charge in [0.25, 0.3) is 5.91 Å². The van der Waals surface area contributed by atoms with E-state index in [9.17, 15) is 28.8 Å². The van der Waals surface area contributed by atoms with Crippen LogP contribution in [0.3, 0.4) is 0 Å². The van der Waals surface area contributed by atoms with E-state index in [1.165, 1.54) is 11.3 Å². The fourth-order valence-corrected chi connectivity index (χ4v) is 4.81. The summed E-state index contributed by atoms with van der Waals surface area (Å²) in [6.07, 6.45) is 4.16. The van der Waals surface area contributed by atoms with Gasteiger partial charge in [-0.25, -0.2) is 4.79 Å². The molecule has 262 valence electrons. The van der Waals surface area contributed by atoms with E-state index < -0.39 is 58.7 Å². The van der Waals surface area contributed by atoms with Crippen LogP contribution in [0.15, 0.2) is 43.0 Å². The summed E-state index contributed by atoms with van der Waals surface area (Å²) < 4.78 is 5.35. The summed E-state index contributed by atoms with van der Waals surface area (Å²) >= 11 is 0. The summed E-state index contributed by atoms with van der Waals surface area (Å²) in [6, 6.07) is 6.40. The van der Waals surface area contributed by atoms with E-state index in [-0.39, 0.29) is 31.7 Å². The van der Waals surface area contributed by atoms with E-state index in [0.29, 0.717) is 25.7 Å². The van der Waals surface area contributed by atoms with Gasteiger partial charge in [0, 0.05) is 13.0 Å². The van der Waals surface area contributed by atoms with Crippen molar-refractivity contribution >= 4 is 35.4 Å². The molecule has 1 heterocycles. The molecule has 0 saturated carbocycles. The third kappa shape index (κ3) is 15.0. The van der Waals surface area contributed by atoms with Crippen molar-refractivity contribution in [3.63, 3.8) is 0 Å². The topological polar surface area (TPSA) is 151 Å². The molecule has 47 heavy (non-hydrogen) atoms. The zero-order valence-corrected chi connectivity index (χ0v) is 29.6. The Labute approximate surface area is 280 Å². The van der Waals surface area contributed by atoms with Crippen LogP contribution in [-0.4, -0.2) is 77.1 Å². The van der Waals surface area contributed by atoms with Crippen molar-refractivity contribution in [2.24, 2.45) is 5.41 Å². The van der Waals surface area contributed by atoms with Gasteiger partial charge in [-0.3, -0.25) is 24.0 Å². The number of amides is 4. The number of ether oxygens (including phenoxy) is 1. The minimum Gasteiger partial charge on any atom is -0.444 e. The van der Waals surface area contributed by atoms with Crippen molar-refractivity contribution in [2.75, 3.05) is 13.1 Å². The Hall–Kier alpha value is -4.02. The summed E-state index contributed by atoms with van der Waals surface area (Å²) in [4.78, 5) is 79.2.